The van der Waals surface area contributed by atoms with Crippen molar-refractivity contribution in [3.63, 3.8) is 0 Å². The van der Waals surface area contributed by atoms with Crippen molar-refractivity contribution < 1.29 is 9.90 Å². The summed E-state index contributed by atoms with van der Waals surface area (Å²) >= 11 is 0. The van der Waals surface area contributed by atoms with E-state index >= 15 is 0 Å². The van der Waals surface area contributed by atoms with Crippen LogP contribution in [0.4, 0.5) is 0 Å². The van der Waals surface area contributed by atoms with Crippen LogP contribution in [-0.4, -0.2) is 36.8 Å². The second-order valence-electron chi connectivity index (χ2n) is 3.26. The first kappa shape index (κ1) is 13.4. The molecule has 1 amide bonds. The molecule has 1 atom stereocenters. The maximum Gasteiger partial charge on any atom is 0.236 e. The van der Waals surface area contributed by atoms with Crippen LogP contribution in [0.3, 0.4) is 0 Å². The monoisotopic (exact) mass is 203 g/mol. The Hall–Kier alpha value is -0.650. The number of carbonyl (C=O) groups excluding carboxylic acids is 1. The highest BCUT2D eigenvalue weighted by molar-refractivity contribution is 5.81. The molecule has 0 bridgehead atoms. The molecule has 0 aromatic heterocycles. The summed E-state index contributed by atoms with van der Waals surface area (Å²) in [6.45, 7) is 1.30. The minimum absolute atomic E-state index is 0.128. The quantitative estimate of drug-likeness (QED) is 0.378. The van der Waals surface area contributed by atoms with E-state index in [1.54, 1.807) is 0 Å². The first-order chi connectivity index (χ1) is 6.72. The minimum atomic E-state index is -0.451. The molecule has 14 heavy (non-hydrogen) atoms. The molecule has 0 aliphatic heterocycles. The molecule has 0 aliphatic carbocycles. The number of aliphatic hydroxyl groups excluding tert-OH is 1. The van der Waals surface area contributed by atoms with E-state index in [2.05, 4.69) is 5.32 Å². The number of carbonyl (C=O) groups is 1. The Labute approximate surface area is 84.8 Å². The largest absolute Gasteiger partial charge is 0.396 e. The smallest absolute Gasteiger partial charge is 0.236 e. The summed E-state index contributed by atoms with van der Waals surface area (Å²) in [5.74, 6) is -0.128. The number of hydrogen-bond donors (Lipinski definition) is 4. The van der Waals surface area contributed by atoms with E-state index in [1.165, 1.54) is 0 Å². The molecular weight excluding hydrogens is 182 g/mol. The van der Waals surface area contributed by atoms with E-state index in [9.17, 15) is 4.79 Å². The predicted octanol–water partition coefficient (Wildman–Crippen LogP) is -1.06. The Balaban J connectivity index is 3.42. The highest BCUT2D eigenvalue weighted by Crippen LogP contribution is 1.93. The van der Waals surface area contributed by atoms with E-state index in [1.807, 2.05) is 0 Å². The van der Waals surface area contributed by atoms with E-state index in [4.69, 9.17) is 16.6 Å². The molecule has 0 radical (unpaired) electrons. The van der Waals surface area contributed by atoms with Gasteiger partial charge in [-0.1, -0.05) is 0 Å². The van der Waals surface area contributed by atoms with Crippen LogP contribution in [0.15, 0.2) is 0 Å². The average Bonchev–Trinajstić information content (AvgIpc) is 2.20. The number of rotatable bonds is 8. The van der Waals surface area contributed by atoms with Gasteiger partial charge in [0.1, 0.15) is 0 Å². The zero-order valence-corrected chi connectivity index (χ0v) is 8.54. The van der Waals surface area contributed by atoms with Gasteiger partial charge in [-0.05, 0) is 32.2 Å². The summed E-state index contributed by atoms with van der Waals surface area (Å²) in [7, 11) is 0. The van der Waals surface area contributed by atoms with Crippen molar-refractivity contribution in [2.45, 2.75) is 31.7 Å². The Morgan fingerprint density at radius 3 is 2.64 bits per heavy atom. The summed E-state index contributed by atoms with van der Waals surface area (Å²) in [4.78, 5) is 11.3. The van der Waals surface area contributed by atoms with Crippen LogP contribution in [0.25, 0.3) is 0 Å². The zero-order chi connectivity index (χ0) is 10.8. The highest BCUT2D eigenvalue weighted by Gasteiger charge is 2.11. The van der Waals surface area contributed by atoms with E-state index in [0.717, 1.165) is 12.8 Å². The summed E-state index contributed by atoms with van der Waals surface area (Å²) in [6, 6.07) is -0.451. The highest BCUT2D eigenvalue weighted by atomic mass is 16.2. The molecule has 0 heterocycles. The molecule has 0 aromatic carbocycles. The molecule has 6 N–H and O–H groups in total. The van der Waals surface area contributed by atoms with Gasteiger partial charge in [-0.3, -0.25) is 4.79 Å². The standard InChI is InChI=1S/C9H21N3O2/c10-5-3-4-8(11)9(14)12-6-1-2-7-13/h8,13H,1-7,10-11H2,(H,12,14)/t8-/m0/s1. The molecule has 0 rings (SSSR count). The molecule has 0 unspecified atom stereocenters. The van der Waals surface area contributed by atoms with E-state index in [-0.39, 0.29) is 12.5 Å². The second-order valence-corrected chi connectivity index (χ2v) is 3.26. The summed E-state index contributed by atoms with van der Waals surface area (Å²) < 4.78 is 0. The van der Waals surface area contributed by atoms with Gasteiger partial charge in [0, 0.05) is 13.2 Å². The number of amides is 1. The number of nitrogens with two attached hydrogens (primary N) is 2. The fourth-order valence-corrected chi connectivity index (χ4v) is 1.05. The molecule has 0 aliphatic rings. The number of nitrogens with one attached hydrogen (secondary N) is 1. The van der Waals surface area contributed by atoms with Crippen molar-refractivity contribution in [3.8, 4) is 0 Å². The third-order valence-corrected chi connectivity index (χ3v) is 1.94. The molecule has 0 aromatic rings. The molecule has 0 spiro atoms. The molecule has 84 valence electrons. The van der Waals surface area contributed by atoms with Crippen molar-refractivity contribution >= 4 is 5.91 Å². The van der Waals surface area contributed by atoms with Crippen LogP contribution < -0.4 is 16.8 Å². The fraction of sp³-hybridized carbons (Fsp3) is 0.889. The lowest BCUT2D eigenvalue weighted by molar-refractivity contribution is -0.122. The van der Waals surface area contributed by atoms with E-state index < -0.39 is 6.04 Å². The molecule has 0 saturated carbocycles. The van der Waals surface area contributed by atoms with Gasteiger partial charge < -0.3 is 21.9 Å². The van der Waals surface area contributed by atoms with Crippen molar-refractivity contribution in [1.29, 1.82) is 0 Å². The van der Waals surface area contributed by atoms with Crippen LogP contribution in [0.1, 0.15) is 25.7 Å². The first-order valence-electron chi connectivity index (χ1n) is 5.06. The molecular formula is C9H21N3O2. The Morgan fingerprint density at radius 1 is 1.36 bits per heavy atom. The van der Waals surface area contributed by atoms with Crippen molar-refractivity contribution in [2.75, 3.05) is 19.7 Å². The second kappa shape index (κ2) is 8.93. The maximum atomic E-state index is 11.3. The molecule has 5 nitrogen and oxygen atoms in total. The molecule has 5 heteroatoms. The van der Waals surface area contributed by atoms with Crippen molar-refractivity contribution in [2.24, 2.45) is 11.5 Å². The molecule has 0 fully saturated rings. The topological polar surface area (TPSA) is 101 Å². The van der Waals surface area contributed by atoms with Gasteiger partial charge in [-0.2, -0.15) is 0 Å². The van der Waals surface area contributed by atoms with Gasteiger partial charge in [0.05, 0.1) is 6.04 Å². The number of unbranched alkanes of at least 4 members (excludes halogenated alkanes) is 1. The predicted molar refractivity (Wildman–Crippen MR) is 55.6 cm³/mol. The van der Waals surface area contributed by atoms with Gasteiger partial charge in [0.2, 0.25) is 5.91 Å². The summed E-state index contributed by atoms with van der Waals surface area (Å²) in [5.41, 5.74) is 10.9. The normalized spacial score (nSPS) is 12.5. The lowest BCUT2D eigenvalue weighted by Gasteiger charge is -2.11. The Bertz CT molecular complexity index is 153. The summed E-state index contributed by atoms with van der Waals surface area (Å²) in [5, 5.41) is 11.2. The van der Waals surface area contributed by atoms with Crippen molar-refractivity contribution in [1.82, 2.24) is 5.32 Å². The number of hydrogen-bond acceptors (Lipinski definition) is 4. The van der Waals surface area contributed by atoms with Gasteiger partial charge >= 0.3 is 0 Å². The van der Waals surface area contributed by atoms with Gasteiger partial charge in [0.15, 0.2) is 0 Å². The van der Waals surface area contributed by atoms with Crippen molar-refractivity contribution in [3.05, 3.63) is 0 Å². The molecule has 0 saturated heterocycles. The maximum absolute atomic E-state index is 11.3. The van der Waals surface area contributed by atoms with E-state index in [0.29, 0.717) is 25.9 Å². The lowest BCUT2D eigenvalue weighted by atomic mass is 10.1. The average molecular weight is 203 g/mol. The number of aliphatic hydroxyl groups is 1. The first-order valence-corrected chi connectivity index (χ1v) is 5.06. The lowest BCUT2D eigenvalue weighted by Crippen LogP contribution is -2.41. The SMILES string of the molecule is NCCC[C@H](N)C(=O)NCCCCO. The third-order valence-electron chi connectivity index (χ3n) is 1.94. The van der Waals surface area contributed by atoms with Crippen LogP contribution in [0.2, 0.25) is 0 Å². The zero-order valence-electron chi connectivity index (χ0n) is 8.54. The van der Waals surface area contributed by atoms with Gasteiger partial charge in [-0.15, -0.1) is 0 Å². The summed E-state index contributed by atoms with van der Waals surface area (Å²) in [6.07, 6.45) is 2.89. The van der Waals surface area contributed by atoms with Gasteiger partial charge in [0.25, 0.3) is 0 Å². The Kier molecular flexibility index (Phi) is 8.51. The van der Waals surface area contributed by atoms with Crippen LogP contribution in [0, 0.1) is 0 Å². The third kappa shape index (κ3) is 6.82. The van der Waals surface area contributed by atoms with Gasteiger partial charge in [-0.25, -0.2) is 0 Å². The minimum Gasteiger partial charge on any atom is -0.396 e. The van der Waals surface area contributed by atoms with Crippen LogP contribution in [0.5, 0.6) is 0 Å². The van der Waals surface area contributed by atoms with Crippen LogP contribution >= 0.6 is 0 Å². The fourth-order valence-electron chi connectivity index (χ4n) is 1.05. The van der Waals surface area contributed by atoms with Crippen LogP contribution in [-0.2, 0) is 4.79 Å². The Morgan fingerprint density at radius 2 is 2.07 bits per heavy atom.